The lowest BCUT2D eigenvalue weighted by Crippen LogP contribution is -1.84. The molecule has 0 atom stereocenters. The standard InChI is InChI=1S/C12H10N4OS/c1-7-2-4-8(5-3-7)10-15-11(17-16-10)9-6-18-12(13)14-9/h2-6H,1H3,(H2,13,14). The van der Waals surface area contributed by atoms with Crippen molar-refractivity contribution in [2.24, 2.45) is 0 Å². The molecule has 0 fully saturated rings. The molecule has 2 aromatic heterocycles. The Kier molecular flexibility index (Phi) is 2.56. The van der Waals surface area contributed by atoms with Crippen LogP contribution in [0.25, 0.3) is 23.0 Å². The van der Waals surface area contributed by atoms with E-state index in [1.807, 2.05) is 31.2 Å². The van der Waals surface area contributed by atoms with Gasteiger partial charge in [-0.25, -0.2) is 4.98 Å². The van der Waals surface area contributed by atoms with E-state index in [4.69, 9.17) is 10.3 Å². The van der Waals surface area contributed by atoms with E-state index in [0.29, 0.717) is 22.5 Å². The van der Waals surface area contributed by atoms with Gasteiger partial charge in [-0.15, -0.1) is 11.3 Å². The Morgan fingerprint density at radius 2 is 1.94 bits per heavy atom. The minimum absolute atomic E-state index is 0.388. The zero-order valence-corrected chi connectivity index (χ0v) is 10.4. The average Bonchev–Trinajstić information content (AvgIpc) is 2.98. The molecule has 0 aliphatic carbocycles. The van der Waals surface area contributed by atoms with E-state index in [2.05, 4.69) is 15.1 Å². The summed E-state index contributed by atoms with van der Waals surface area (Å²) in [6, 6.07) is 7.93. The van der Waals surface area contributed by atoms with Crippen LogP contribution in [0.1, 0.15) is 5.56 Å². The van der Waals surface area contributed by atoms with E-state index in [-0.39, 0.29) is 0 Å². The quantitative estimate of drug-likeness (QED) is 0.764. The number of aromatic nitrogens is 3. The molecule has 3 aromatic rings. The highest BCUT2D eigenvalue weighted by atomic mass is 32.1. The predicted octanol–water partition coefficient (Wildman–Crippen LogP) is 2.75. The maximum Gasteiger partial charge on any atom is 0.277 e. The van der Waals surface area contributed by atoms with Crippen molar-refractivity contribution in [2.75, 3.05) is 5.73 Å². The number of hydrogen-bond donors (Lipinski definition) is 1. The molecule has 2 N–H and O–H groups in total. The molecular weight excluding hydrogens is 248 g/mol. The van der Waals surface area contributed by atoms with Crippen molar-refractivity contribution in [3.63, 3.8) is 0 Å². The van der Waals surface area contributed by atoms with Gasteiger partial charge in [0.25, 0.3) is 5.89 Å². The first-order valence-corrected chi connectivity index (χ1v) is 6.22. The first-order valence-electron chi connectivity index (χ1n) is 5.34. The van der Waals surface area contributed by atoms with Crippen LogP contribution in [0.3, 0.4) is 0 Å². The molecule has 0 spiro atoms. The second-order valence-corrected chi connectivity index (χ2v) is 4.75. The Morgan fingerprint density at radius 1 is 1.17 bits per heavy atom. The largest absolute Gasteiger partial charge is 0.375 e. The van der Waals surface area contributed by atoms with Crippen LogP contribution in [0, 0.1) is 6.92 Å². The van der Waals surface area contributed by atoms with Gasteiger partial charge in [0.2, 0.25) is 5.82 Å². The lowest BCUT2D eigenvalue weighted by Gasteiger charge is -1.94. The Balaban J connectivity index is 1.96. The first-order chi connectivity index (χ1) is 8.72. The molecule has 0 amide bonds. The molecule has 1 aromatic carbocycles. The molecule has 5 nitrogen and oxygen atoms in total. The SMILES string of the molecule is Cc1ccc(-c2noc(-c3csc(N)n3)n2)cc1. The van der Waals surface area contributed by atoms with Crippen molar-refractivity contribution < 1.29 is 4.52 Å². The summed E-state index contributed by atoms with van der Waals surface area (Å²) < 4.78 is 5.18. The Bertz CT molecular complexity index is 671. The molecule has 0 saturated carbocycles. The number of anilines is 1. The van der Waals surface area contributed by atoms with E-state index in [1.54, 1.807) is 5.38 Å². The van der Waals surface area contributed by atoms with Crippen LogP contribution in [0.2, 0.25) is 0 Å². The number of rotatable bonds is 2. The summed E-state index contributed by atoms with van der Waals surface area (Å²) in [7, 11) is 0. The molecule has 0 aliphatic rings. The number of nitrogen functional groups attached to an aromatic ring is 1. The van der Waals surface area contributed by atoms with E-state index in [0.717, 1.165) is 5.56 Å². The third-order valence-electron chi connectivity index (χ3n) is 2.48. The number of thiazole rings is 1. The highest BCUT2D eigenvalue weighted by Crippen LogP contribution is 2.24. The van der Waals surface area contributed by atoms with E-state index in [1.165, 1.54) is 16.9 Å². The molecule has 90 valence electrons. The summed E-state index contributed by atoms with van der Waals surface area (Å²) in [5, 5.41) is 6.22. The van der Waals surface area contributed by atoms with Gasteiger partial charge in [0.05, 0.1) is 0 Å². The van der Waals surface area contributed by atoms with Crippen LogP contribution in [0.5, 0.6) is 0 Å². The van der Waals surface area contributed by atoms with Gasteiger partial charge in [-0.05, 0) is 6.92 Å². The molecule has 2 heterocycles. The molecule has 0 bridgehead atoms. The van der Waals surface area contributed by atoms with Crippen molar-refractivity contribution >= 4 is 16.5 Å². The Labute approximate surface area is 107 Å². The van der Waals surface area contributed by atoms with Crippen molar-refractivity contribution in [2.45, 2.75) is 6.92 Å². The van der Waals surface area contributed by atoms with Gasteiger partial charge in [-0.2, -0.15) is 4.98 Å². The number of nitrogens with two attached hydrogens (primary N) is 1. The van der Waals surface area contributed by atoms with Gasteiger partial charge in [0, 0.05) is 10.9 Å². The summed E-state index contributed by atoms with van der Waals surface area (Å²) in [6.45, 7) is 2.03. The van der Waals surface area contributed by atoms with Gasteiger partial charge in [0.1, 0.15) is 5.69 Å². The zero-order valence-electron chi connectivity index (χ0n) is 9.62. The van der Waals surface area contributed by atoms with Crippen molar-refractivity contribution in [1.29, 1.82) is 0 Å². The summed E-state index contributed by atoms with van der Waals surface area (Å²) in [5.74, 6) is 0.940. The van der Waals surface area contributed by atoms with E-state index >= 15 is 0 Å². The maximum atomic E-state index is 5.57. The summed E-state index contributed by atoms with van der Waals surface area (Å²) in [6.07, 6.45) is 0. The number of benzene rings is 1. The molecule has 18 heavy (non-hydrogen) atoms. The van der Waals surface area contributed by atoms with Crippen LogP contribution in [0.15, 0.2) is 34.2 Å². The van der Waals surface area contributed by atoms with E-state index in [9.17, 15) is 0 Å². The van der Waals surface area contributed by atoms with Crippen LogP contribution >= 0.6 is 11.3 Å². The lowest BCUT2D eigenvalue weighted by molar-refractivity contribution is 0.431. The minimum Gasteiger partial charge on any atom is -0.375 e. The highest BCUT2D eigenvalue weighted by Gasteiger charge is 2.12. The molecule has 0 aliphatic heterocycles. The normalized spacial score (nSPS) is 10.7. The number of nitrogens with zero attached hydrogens (tertiary/aromatic N) is 3. The summed E-state index contributed by atoms with van der Waals surface area (Å²) in [5.41, 5.74) is 8.29. The second kappa shape index (κ2) is 4.23. The second-order valence-electron chi connectivity index (χ2n) is 3.86. The molecule has 0 saturated heterocycles. The fourth-order valence-electron chi connectivity index (χ4n) is 1.53. The van der Waals surface area contributed by atoms with Gasteiger partial charge < -0.3 is 10.3 Å². The number of hydrogen-bond acceptors (Lipinski definition) is 6. The van der Waals surface area contributed by atoms with Crippen molar-refractivity contribution in [1.82, 2.24) is 15.1 Å². The van der Waals surface area contributed by atoms with Crippen LogP contribution < -0.4 is 5.73 Å². The summed E-state index contributed by atoms with van der Waals surface area (Å²) >= 11 is 1.35. The smallest absolute Gasteiger partial charge is 0.277 e. The minimum atomic E-state index is 0.388. The average molecular weight is 258 g/mol. The van der Waals surface area contributed by atoms with Crippen molar-refractivity contribution in [3.8, 4) is 23.0 Å². The fraction of sp³-hybridized carbons (Fsp3) is 0.0833. The molecule has 0 unspecified atom stereocenters. The molecule has 0 radical (unpaired) electrons. The monoisotopic (exact) mass is 258 g/mol. The fourth-order valence-corrected chi connectivity index (χ4v) is 2.07. The number of aryl methyl sites for hydroxylation is 1. The van der Waals surface area contributed by atoms with E-state index < -0.39 is 0 Å². The third-order valence-corrected chi connectivity index (χ3v) is 3.15. The predicted molar refractivity (Wildman–Crippen MR) is 70.0 cm³/mol. The van der Waals surface area contributed by atoms with Gasteiger partial charge >= 0.3 is 0 Å². The highest BCUT2D eigenvalue weighted by molar-refractivity contribution is 7.13. The van der Waals surface area contributed by atoms with Gasteiger partial charge in [-0.1, -0.05) is 35.0 Å². The molecule has 6 heteroatoms. The van der Waals surface area contributed by atoms with Crippen LogP contribution in [0.4, 0.5) is 5.13 Å². The van der Waals surface area contributed by atoms with Gasteiger partial charge in [0.15, 0.2) is 5.13 Å². The maximum absolute atomic E-state index is 5.57. The Morgan fingerprint density at radius 3 is 2.61 bits per heavy atom. The lowest BCUT2D eigenvalue weighted by atomic mass is 10.1. The molecular formula is C12H10N4OS. The third kappa shape index (κ3) is 1.98. The first kappa shape index (κ1) is 10.9. The van der Waals surface area contributed by atoms with Crippen LogP contribution in [-0.2, 0) is 0 Å². The molecule has 3 rings (SSSR count). The zero-order chi connectivity index (χ0) is 12.5. The topological polar surface area (TPSA) is 77.8 Å². The van der Waals surface area contributed by atoms with Crippen molar-refractivity contribution in [3.05, 3.63) is 35.2 Å². The van der Waals surface area contributed by atoms with Gasteiger partial charge in [-0.3, -0.25) is 0 Å². The van der Waals surface area contributed by atoms with Crippen LogP contribution in [-0.4, -0.2) is 15.1 Å². The summed E-state index contributed by atoms with van der Waals surface area (Å²) in [4.78, 5) is 8.41. The Hall–Kier alpha value is -2.21.